The second-order valence-corrected chi connectivity index (χ2v) is 7.16. The minimum Gasteiger partial charge on any atom is -0.368 e. The normalized spacial score (nSPS) is 18.7. The van der Waals surface area contributed by atoms with Crippen LogP contribution in [0.1, 0.15) is 36.0 Å². The van der Waals surface area contributed by atoms with Crippen molar-refractivity contribution in [3.05, 3.63) is 36.0 Å². The summed E-state index contributed by atoms with van der Waals surface area (Å²) in [6.07, 6.45) is 5.26. The summed E-state index contributed by atoms with van der Waals surface area (Å²) in [4.78, 5) is 33.8. The summed E-state index contributed by atoms with van der Waals surface area (Å²) in [7, 11) is 0. The van der Waals surface area contributed by atoms with Gasteiger partial charge in [-0.3, -0.25) is 9.59 Å². The molecule has 9 heteroatoms. The van der Waals surface area contributed by atoms with Crippen LogP contribution in [0.3, 0.4) is 0 Å². The topological polar surface area (TPSA) is 139 Å². The number of rotatable bonds is 7. The van der Waals surface area contributed by atoms with Crippen LogP contribution in [-0.2, 0) is 4.79 Å². The van der Waals surface area contributed by atoms with E-state index in [2.05, 4.69) is 20.6 Å². The van der Waals surface area contributed by atoms with Crippen molar-refractivity contribution in [1.82, 2.24) is 9.97 Å². The maximum atomic E-state index is 11.6. The van der Waals surface area contributed by atoms with Gasteiger partial charge in [0.2, 0.25) is 11.9 Å². The Balaban J connectivity index is 1.50. The Morgan fingerprint density at radius 2 is 1.86 bits per heavy atom. The van der Waals surface area contributed by atoms with E-state index in [1.807, 2.05) is 29.2 Å². The number of aromatic nitrogens is 2. The highest BCUT2D eigenvalue weighted by Gasteiger charge is 2.29. The lowest BCUT2D eigenvalue weighted by Crippen LogP contribution is -2.40. The number of nitrogens with zero attached hydrogens (tertiary/aromatic N) is 3. The molecule has 6 N–H and O–H groups in total. The van der Waals surface area contributed by atoms with Crippen LogP contribution < -0.4 is 27.0 Å². The van der Waals surface area contributed by atoms with E-state index in [0.717, 1.165) is 43.6 Å². The van der Waals surface area contributed by atoms with Gasteiger partial charge >= 0.3 is 0 Å². The van der Waals surface area contributed by atoms with Crippen LogP contribution >= 0.6 is 0 Å². The minimum atomic E-state index is -0.561. The third kappa shape index (κ3) is 3.83. The van der Waals surface area contributed by atoms with Gasteiger partial charge in [0.1, 0.15) is 11.9 Å². The first kappa shape index (κ1) is 18.0. The molecule has 0 spiro atoms. The number of hydrogen-bond acceptors (Lipinski definition) is 7. The number of carbonyl (C=O) groups excluding carboxylic acids is 2. The van der Waals surface area contributed by atoms with Gasteiger partial charge in [-0.2, -0.15) is 4.98 Å². The molecule has 146 valence electrons. The van der Waals surface area contributed by atoms with Crippen LogP contribution in [0.4, 0.5) is 23.1 Å². The fraction of sp³-hybridized carbons (Fsp3) is 0.368. The zero-order chi connectivity index (χ0) is 19.7. The van der Waals surface area contributed by atoms with Crippen LogP contribution in [0.15, 0.2) is 30.5 Å². The van der Waals surface area contributed by atoms with E-state index < -0.39 is 5.91 Å². The molecule has 1 aromatic heterocycles. The number of amides is 2. The zero-order valence-corrected chi connectivity index (χ0v) is 15.4. The summed E-state index contributed by atoms with van der Waals surface area (Å²) in [5.41, 5.74) is 12.9. The highest BCUT2D eigenvalue weighted by molar-refractivity contribution is 5.97. The highest BCUT2D eigenvalue weighted by Crippen LogP contribution is 2.28. The number of primary amides is 2. The van der Waals surface area contributed by atoms with Crippen molar-refractivity contribution >= 4 is 35.0 Å². The van der Waals surface area contributed by atoms with Gasteiger partial charge in [-0.15, -0.1) is 0 Å². The molecule has 1 aliphatic heterocycles. The molecule has 4 rings (SSSR count). The van der Waals surface area contributed by atoms with E-state index in [1.165, 1.54) is 6.20 Å². The van der Waals surface area contributed by atoms with Crippen LogP contribution in [-0.4, -0.2) is 40.4 Å². The van der Waals surface area contributed by atoms with Gasteiger partial charge in [0.15, 0.2) is 0 Å². The van der Waals surface area contributed by atoms with E-state index >= 15 is 0 Å². The predicted octanol–water partition coefficient (Wildman–Crippen LogP) is 1.35. The lowest BCUT2D eigenvalue weighted by molar-refractivity contribution is -0.119. The number of nitrogens with two attached hydrogens (primary N) is 2. The average Bonchev–Trinajstić information content (AvgIpc) is 3.33. The van der Waals surface area contributed by atoms with Gasteiger partial charge in [0.25, 0.3) is 5.91 Å². The molecule has 1 saturated carbocycles. The number of benzene rings is 1. The monoisotopic (exact) mass is 381 g/mol. The number of hydrogen-bond donors (Lipinski definition) is 4. The van der Waals surface area contributed by atoms with E-state index in [0.29, 0.717) is 17.8 Å². The molecule has 9 nitrogen and oxygen atoms in total. The Kier molecular flexibility index (Phi) is 4.72. The molecule has 2 heterocycles. The Morgan fingerprint density at radius 1 is 1.11 bits per heavy atom. The maximum Gasteiger partial charge on any atom is 0.254 e. The smallest absolute Gasteiger partial charge is 0.254 e. The molecule has 0 unspecified atom stereocenters. The summed E-state index contributed by atoms with van der Waals surface area (Å²) in [5, 5.41) is 6.34. The fourth-order valence-electron chi connectivity index (χ4n) is 3.39. The Hall–Kier alpha value is -3.36. The summed E-state index contributed by atoms with van der Waals surface area (Å²) >= 11 is 0. The second kappa shape index (κ2) is 7.34. The molecule has 1 aliphatic carbocycles. The maximum absolute atomic E-state index is 11.6. The third-order valence-electron chi connectivity index (χ3n) is 5.01. The van der Waals surface area contributed by atoms with Crippen molar-refractivity contribution in [3.63, 3.8) is 0 Å². The van der Waals surface area contributed by atoms with E-state index in [1.54, 1.807) is 0 Å². The summed E-state index contributed by atoms with van der Waals surface area (Å²) in [5.74, 6) is -0.0328. The van der Waals surface area contributed by atoms with Crippen molar-refractivity contribution in [2.24, 2.45) is 11.5 Å². The van der Waals surface area contributed by atoms with Gasteiger partial charge in [-0.05, 0) is 49.9 Å². The first-order valence-electron chi connectivity index (χ1n) is 9.37. The highest BCUT2D eigenvalue weighted by atomic mass is 16.1. The van der Waals surface area contributed by atoms with E-state index in [4.69, 9.17) is 11.5 Å². The standard InChI is InChI=1S/C19H23N7O2/c20-16(27)14-10-22-19(25-18(14)23-11-3-4-11)24-12-5-7-13(8-6-12)26-9-1-2-15(26)17(21)28/h5-8,10-11,15H,1-4,9H2,(H2,20,27)(H2,21,28)(H2,22,23,24,25)/t15-/m0/s1. The van der Waals surface area contributed by atoms with Gasteiger partial charge in [-0.25, -0.2) is 4.98 Å². The molecule has 28 heavy (non-hydrogen) atoms. The van der Waals surface area contributed by atoms with Crippen molar-refractivity contribution in [1.29, 1.82) is 0 Å². The van der Waals surface area contributed by atoms with Crippen LogP contribution in [0.5, 0.6) is 0 Å². The zero-order valence-electron chi connectivity index (χ0n) is 15.4. The largest absolute Gasteiger partial charge is 0.368 e. The van der Waals surface area contributed by atoms with Gasteiger partial charge in [-0.1, -0.05) is 0 Å². The Morgan fingerprint density at radius 3 is 2.50 bits per heavy atom. The molecule has 1 saturated heterocycles. The summed E-state index contributed by atoms with van der Waals surface area (Å²) in [6, 6.07) is 7.74. The quantitative estimate of drug-likeness (QED) is 0.567. The molecule has 1 atom stereocenters. The first-order chi connectivity index (χ1) is 13.5. The fourth-order valence-corrected chi connectivity index (χ4v) is 3.39. The Bertz CT molecular complexity index is 896. The van der Waals surface area contributed by atoms with Gasteiger partial charge in [0, 0.05) is 30.2 Å². The van der Waals surface area contributed by atoms with Crippen molar-refractivity contribution in [3.8, 4) is 0 Å². The second-order valence-electron chi connectivity index (χ2n) is 7.16. The van der Waals surface area contributed by atoms with Crippen LogP contribution in [0.2, 0.25) is 0 Å². The third-order valence-corrected chi connectivity index (χ3v) is 5.01. The molecule has 2 fully saturated rings. The Labute approximate surface area is 162 Å². The van der Waals surface area contributed by atoms with E-state index in [9.17, 15) is 9.59 Å². The summed E-state index contributed by atoms with van der Waals surface area (Å²) < 4.78 is 0. The number of nitrogens with one attached hydrogen (secondary N) is 2. The molecular weight excluding hydrogens is 358 g/mol. The SMILES string of the molecule is NC(=O)c1cnc(Nc2ccc(N3CCC[C@H]3C(N)=O)cc2)nc1NC1CC1. The van der Waals surface area contributed by atoms with E-state index in [-0.39, 0.29) is 17.5 Å². The van der Waals surface area contributed by atoms with Crippen LogP contribution in [0.25, 0.3) is 0 Å². The average molecular weight is 381 g/mol. The van der Waals surface area contributed by atoms with Crippen molar-refractivity contribution < 1.29 is 9.59 Å². The summed E-state index contributed by atoms with van der Waals surface area (Å²) in [6.45, 7) is 0.814. The van der Waals surface area contributed by atoms with Gasteiger partial charge < -0.3 is 27.0 Å². The lowest BCUT2D eigenvalue weighted by atomic mass is 10.2. The molecule has 2 aromatic rings. The molecule has 0 radical (unpaired) electrons. The molecular formula is C19H23N7O2. The number of anilines is 4. The minimum absolute atomic E-state index is 0.250. The molecule has 2 amide bonds. The molecule has 1 aromatic carbocycles. The molecule has 0 bridgehead atoms. The predicted molar refractivity (Wildman–Crippen MR) is 106 cm³/mol. The van der Waals surface area contributed by atoms with Crippen LogP contribution in [0, 0.1) is 0 Å². The van der Waals surface area contributed by atoms with Gasteiger partial charge in [0.05, 0.1) is 5.56 Å². The lowest BCUT2D eigenvalue weighted by Gasteiger charge is -2.24. The van der Waals surface area contributed by atoms with Crippen molar-refractivity contribution in [2.75, 3.05) is 22.1 Å². The number of carbonyl (C=O) groups is 2. The first-order valence-corrected chi connectivity index (χ1v) is 9.37. The van der Waals surface area contributed by atoms with Crippen molar-refractivity contribution in [2.45, 2.75) is 37.8 Å². The molecule has 2 aliphatic rings.